The molecule has 17 heteroatoms. The first kappa shape index (κ1) is 31.5. The Hall–Kier alpha value is -4.44. The molecule has 1 atom stereocenters. The Bertz CT molecular complexity index is 1850. The van der Waals surface area contributed by atoms with E-state index in [1.807, 2.05) is 0 Å². The van der Waals surface area contributed by atoms with Crippen molar-refractivity contribution in [3.05, 3.63) is 60.7 Å². The van der Waals surface area contributed by atoms with E-state index in [0.29, 0.717) is 22.1 Å². The number of anilines is 1. The number of azo groups is 2. The van der Waals surface area contributed by atoms with E-state index in [1.165, 1.54) is 42.5 Å². The largest absolute Gasteiger partial charge is 0.505 e. The Balaban J connectivity index is 1.83. The van der Waals surface area contributed by atoms with Crippen LogP contribution in [-0.2, 0) is 23.6 Å². The molecule has 0 aliphatic rings. The molecular weight excluding hydrogens is 601 g/mol. The molecule has 0 saturated carbocycles. The van der Waals surface area contributed by atoms with Gasteiger partial charge in [0.25, 0.3) is 0 Å². The molecule has 0 saturated heterocycles. The zero-order valence-corrected chi connectivity index (χ0v) is 24.7. The smallest absolute Gasteiger partial charge is 0.315 e. The van der Waals surface area contributed by atoms with E-state index >= 15 is 0 Å². The molecule has 0 spiro atoms. The summed E-state index contributed by atoms with van der Waals surface area (Å²) in [6, 6.07) is 15.1. The summed E-state index contributed by atoms with van der Waals surface area (Å²) in [7, 11) is -7.15. The summed E-state index contributed by atoms with van der Waals surface area (Å²) in [5.41, 5.74) is 6.51. The number of hydrogen-bond donors (Lipinski definition) is 4. The first-order valence-electron chi connectivity index (χ1n) is 12.6. The summed E-state index contributed by atoms with van der Waals surface area (Å²) in [4.78, 5) is -0.522. The number of phenols is 1. The first-order chi connectivity index (χ1) is 20.6. The van der Waals surface area contributed by atoms with Gasteiger partial charge in [-0.2, -0.15) is 23.7 Å². The summed E-state index contributed by atoms with van der Waals surface area (Å²) in [6.45, 7) is 3.98. The van der Waals surface area contributed by atoms with Crippen molar-refractivity contribution in [1.29, 1.82) is 0 Å². The van der Waals surface area contributed by atoms with Gasteiger partial charge >= 0.3 is 10.1 Å². The van der Waals surface area contributed by atoms with Crippen LogP contribution in [0.3, 0.4) is 0 Å². The van der Waals surface area contributed by atoms with E-state index in [-0.39, 0.29) is 41.5 Å². The molecule has 4 aromatic carbocycles. The second kappa shape index (κ2) is 13.7. The summed E-state index contributed by atoms with van der Waals surface area (Å²) in [5.74, 6) is 9.99. The number of rotatable bonds is 12. The molecule has 0 aliphatic heterocycles. The van der Waals surface area contributed by atoms with Crippen LogP contribution >= 0.6 is 8.03 Å². The van der Waals surface area contributed by atoms with Crippen LogP contribution in [0.25, 0.3) is 10.8 Å². The summed E-state index contributed by atoms with van der Waals surface area (Å²) < 4.78 is 57.3. The number of nitrogen functional groups attached to an aromatic ring is 1. The Labute approximate surface area is 246 Å². The lowest BCUT2D eigenvalue weighted by molar-refractivity contribution is 0.332. The molecule has 7 N–H and O–H groups in total. The van der Waals surface area contributed by atoms with Crippen molar-refractivity contribution in [3.63, 3.8) is 0 Å². The number of nitrogens with zero attached hydrogens (tertiary/aromatic N) is 4. The van der Waals surface area contributed by atoms with Gasteiger partial charge in [0.2, 0.25) is 8.03 Å². The highest BCUT2D eigenvalue weighted by atomic mass is 32.2. The lowest BCUT2D eigenvalue weighted by atomic mass is 10.1. The van der Waals surface area contributed by atoms with Crippen molar-refractivity contribution < 1.29 is 36.5 Å². The molecule has 1 unspecified atom stereocenters. The van der Waals surface area contributed by atoms with Crippen LogP contribution in [-0.4, -0.2) is 26.7 Å². The van der Waals surface area contributed by atoms with Crippen LogP contribution in [0.15, 0.2) is 86.0 Å². The summed E-state index contributed by atoms with van der Waals surface area (Å²) >= 11 is 0. The third-order valence-electron chi connectivity index (χ3n) is 5.83. The van der Waals surface area contributed by atoms with E-state index in [4.69, 9.17) is 27.0 Å². The quantitative estimate of drug-likeness (QED) is 0.0676. The van der Waals surface area contributed by atoms with Gasteiger partial charge in [0, 0.05) is 28.5 Å². The Kier molecular flexibility index (Phi) is 10.0. The van der Waals surface area contributed by atoms with Gasteiger partial charge in [0.05, 0.1) is 18.9 Å². The van der Waals surface area contributed by atoms with Crippen LogP contribution in [0.2, 0.25) is 0 Å². The number of fused-ring (bicyclic) bond motifs is 1. The zero-order valence-electron chi connectivity index (χ0n) is 22.9. The average molecular weight is 630 g/mol. The highest BCUT2D eigenvalue weighted by molar-refractivity contribution is 7.86. The maximum Gasteiger partial charge on any atom is 0.315 e. The van der Waals surface area contributed by atoms with Crippen molar-refractivity contribution in [2.24, 2.45) is 32.3 Å². The van der Waals surface area contributed by atoms with Crippen molar-refractivity contribution in [2.75, 3.05) is 18.9 Å². The van der Waals surface area contributed by atoms with E-state index in [1.54, 1.807) is 32.0 Å². The molecule has 4 aromatic rings. The normalized spacial score (nSPS) is 12.7. The van der Waals surface area contributed by atoms with Crippen LogP contribution in [0.1, 0.15) is 13.8 Å². The van der Waals surface area contributed by atoms with Crippen molar-refractivity contribution >= 4 is 62.7 Å². The number of aromatic hydroxyl groups is 1. The topological polar surface area (TPSA) is 236 Å². The predicted molar refractivity (Wildman–Crippen MR) is 160 cm³/mol. The van der Waals surface area contributed by atoms with Crippen molar-refractivity contribution in [1.82, 2.24) is 0 Å². The Morgan fingerprint density at radius 2 is 1.51 bits per heavy atom. The predicted octanol–water partition coefficient (Wildman–Crippen LogP) is 5.33. The lowest BCUT2D eigenvalue weighted by Crippen LogP contribution is -2.11. The van der Waals surface area contributed by atoms with Gasteiger partial charge in [0.1, 0.15) is 33.5 Å². The molecule has 0 fully saturated rings. The molecule has 0 bridgehead atoms. The second-order valence-electron chi connectivity index (χ2n) is 8.61. The van der Waals surface area contributed by atoms with E-state index in [2.05, 4.69) is 29.4 Å². The van der Waals surface area contributed by atoms with Gasteiger partial charge in [-0.1, -0.05) is 12.1 Å². The Morgan fingerprint density at radius 3 is 2.12 bits per heavy atom. The van der Waals surface area contributed by atoms with Crippen LogP contribution in [0.5, 0.6) is 17.2 Å². The lowest BCUT2D eigenvalue weighted by Gasteiger charge is -2.13. The second-order valence-corrected chi connectivity index (χ2v) is 11.5. The number of nitrogens with two attached hydrogens (primary N) is 3. The molecule has 0 aromatic heterocycles. The fraction of sp³-hybridized carbons (Fsp3) is 0.154. The highest BCUT2D eigenvalue weighted by Crippen LogP contribution is 2.45. The molecule has 4 rings (SSSR count). The molecule has 226 valence electrons. The van der Waals surface area contributed by atoms with Gasteiger partial charge < -0.3 is 20.3 Å². The first-order valence-corrected chi connectivity index (χ1v) is 15.3. The van der Waals surface area contributed by atoms with E-state index < -0.39 is 34.5 Å². The maximum absolute atomic E-state index is 12.6. The van der Waals surface area contributed by atoms with Crippen LogP contribution < -0.4 is 32.3 Å². The van der Waals surface area contributed by atoms with Gasteiger partial charge in [-0.3, -0.25) is 4.57 Å². The molecule has 0 heterocycles. The minimum Gasteiger partial charge on any atom is -0.505 e. The average Bonchev–Trinajstić information content (AvgIpc) is 3.00. The highest BCUT2D eigenvalue weighted by Gasteiger charge is 2.25. The number of ether oxygens (including phenoxy) is 2. The molecule has 0 amide bonds. The van der Waals surface area contributed by atoms with Gasteiger partial charge in [0.15, 0.2) is 5.75 Å². The van der Waals surface area contributed by atoms with Gasteiger partial charge in [-0.25, -0.2) is 10.5 Å². The minimum absolute atomic E-state index is 0.119. The monoisotopic (exact) mass is 629 g/mol. The zero-order chi connectivity index (χ0) is 31.1. The molecule has 43 heavy (non-hydrogen) atoms. The van der Waals surface area contributed by atoms with Crippen molar-refractivity contribution in [3.8, 4) is 17.2 Å². The summed E-state index contributed by atoms with van der Waals surface area (Å²) in [5, 5.41) is 28.6. The number of hydrogen-bond acceptors (Lipinski definition) is 15. The Morgan fingerprint density at radius 1 is 0.860 bits per heavy atom. The third-order valence-corrected chi connectivity index (χ3v) is 7.93. The minimum atomic E-state index is -4.53. The SMILES string of the molecule is CCOc1cc(N=Nc2c(S(=O)(=O)ON)cc3ccc(N)cc3c2O)c(OCC)cc1N=Nc1cccc([PH](=O)ON)c1. The number of phenolic OH excluding ortho intramolecular Hbond substituents is 1. The van der Waals surface area contributed by atoms with E-state index in [0.717, 1.165) is 0 Å². The molecule has 0 aliphatic carbocycles. The van der Waals surface area contributed by atoms with Gasteiger partial charge in [-0.15, -0.1) is 15.3 Å². The fourth-order valence-corrected chi connectivity index (χ4v) is 5.30. The van der Waals surface area contributed by atoms with Crippen LogP contribution in [0, 0.1) is 0 Å². The maximum atomic E-state index is 12.6. The summed E-state index contributed by atoms with van der Waals surface area (Å²) in [6.07, 6.45) is 0. The van der Waals surface area contributed by atoms with Gasteiger partial charge in [-0.05, 0) is 55.6 Å². The third kappa shape index (κ3) is 7.14. The molecular formula is C26H28N7O8PS. The molecule has 15 nitrogen and oxygen atoms in total. The fourth-order valence-electron chi connectivity index (χ4n) is 3.91. The molecule has 0 radical (unpaired) electrons. The number of benzene rings is 4. The standard InChI is InChI=1S/C26H28N7O8PS/c1-3-38-22-14-21(23(39-4-2)13-20(22)31-30-17-6-5-7-18(12-17)42(35)40-28)32-33-25-24(43(36,37)41-29)10-15-8-9-16(27)11-19(15)26(25)34/h5-14,34,42H,3-4,27-29H2,1-2H3. The van der Waals surface area contributed by atoms with E-state index in [9.17, 15) is 18.1 Å². The van der Waals surface area contributed by atoms with Crippen LogP contribution in [0.4, 0.5) is 28.4 Å². The van der Waals surface area contributed by atoms with Crippen molar-refractivity contribution in [2.45, 2.75) is 18.7 Å².